The van der Waals surface area contributed by atoms with Crippen molar-refractivity contribution in [1.29, 1.82) is 0 Å². The quantitative estimate of drug-likeness (QED) is 0.556. The lowest BCUT2D eigenvalue weighted by molar-refractivity contribution is 0.102. The number of nitrogens with one attached hydrogen (secondary N) is 1. The third-order valence-corrected chi connectivity index (χ3v) is 6.69. The number of aromatic nitrogens is 2. The maximum atomic E-state index is 12.8. The summed E-state index contributed by atoms with van der Waals surface area (Å²) in [7, 11) is 1.58. The SMILES string of the molecule is COc1nc(C2CC2)cc2c1Oc1ccc(NC(=O)c3ccc(Cl)cn3)cc1C21CCOC(N)=N1. The second-order valence-corrected chi connectivity index (χ2v) is 9.18. The number of carbonyl (C=O) groups excluding carboxylic acids is 1. The number of nitrogens with two attached hydrogens (primary N) is 1. The van der Waals surface area contributed by atoms with Gasteiger partial charge in [0.1, 0.15) is 17.0 Å². The van der Waals surface area contributed by atoms with E-state index >= 15 is 0 Å². The molecule has 0 saturated heterocycles. The first kappa shape index (κ1) is 21.7. The second kappa shape index (κ2) is 8.13. The zero-order valence-corrected chi connectivity index (χ0v) is 19.6. The number of hydrogen-bond acceptors (Lipinski definition) is 8. The van der Waals surface area contributed by atoms with Crippen LogP contribution in [-0.4, -0.2) is 35.6 Å². The molecule has 1 saturated carbocycles. The monoisotopic (exact) mass is 491 g/mol. The minimum absolute atomic E-state index is 0.0959. The van der Waals surface area contributed by atoms with Crippen molar-refractivity contribution in [3.05, 3.63) is 70.1 Å². The molecule has 3 N–H and O–H groups in total. The number of nitrogens with zero attached hydrogens (tertiary/aromatic N) is 3. The minimum atomic E-state index is -0.871. The van der Waals surface area contributed by atoms with Crippen LogP contribution in [0.5, 0.6) is 17.4 Å². The van der Waals surface area contributed by atoms with E-state index < -0.39 is 5.54 Å². The van der Waals surface area contributed by atoms with E-state index in [2.05, 4.69) is 10.3 Å². The zero-order chi connectivity index (χ0) is 24.2. The molecule has 1 aromatic carbocycles. The van der Waals surface area contributed by atoms with E-state index in [1.54, 1.807) is 31.4 Å². The summed E-state index contributed by atoms with van der Waals surface area (Å²) in [4.78, 5) is 26.4. The van der Waals surface area contributed by atoms with Gasteiger partial charge in [-0.05, 0) is 49.2 Å². The summed E-state index contributed by atoms with van der Waals surface area (Å²) >= 11 is 5.89. The highest BCUT2D eigenvalue weighted by atomic mass is 35.5. The Morgan fingerprint density at radius 3 is 2.80 bits per heavy atom. The van der Waals surface area contributed by atoms with Crippen molar-refractivity contribution in [2.24, 2.45) is 10.7 Å². The van der Waals surface area contributed by atoms with Gasteiger partial charge in [0.25, 0.3) is 17.8 Å². The number of benzene rings is 1. The molecule has 3 aromatic rings. The summed E-state index contributed by atoms with van der Waals surface area (Å²) in [5, 5.41) is 3.36. The van der Waals surface area contributed by atoms with Crippen molar-refractivity contribution >= 4 is 29.2 Å². The molecule has 10 heteroatoms. The third kappa shape index (κ3) is 3.72. The number of methoxy groups -OCH3 is 1. The normalized spacial score (nSPS) is 20.1. The lowest BCUT2D eigenvalue weighted by Gasteiger charge is -2.39. The number of fused-ring (bicyclic) bond motifs is 4. The van der Waals surface area contributed by atoms with Gasteiger partial charge in [-0.2, -0.15) is 0 Å². The molecule has 1 aliphatic carbocycles. The first-order chi connectivity index (χ1) is 17.0. The molecule has 1 unspecified atom stereocenters. The van der Waals surface area contributed by atoms with Gasteiger partial charge in [0, 0.05) is 41.0 Å². The largest absolute Gasteiger partial charge is 0.478 e. The molecule has 3 aliphatic rings. The molecule has 1 fully saturated rings. The Kier molecular flexibility index (Phi) is 5.03. The molecule has 2 aromatic heterocycles. The third-order valence-electron chi connectivity index (χ3n) is 6.47. The fourth-order valence-corrected chi connectivity index (χ4v) is 4.72. The van der Waals surface area contributed by atoms with E-state index in [4.69, 9.17) is 41.5 Å². The minimum Gasteiger partial charge on any atom is -0.478 e. The van der Waals surface area contributed by atoms with Crippen LogP contribution in [0.4, 0.5) is 5.69 Å². The number of aliphatic imine (C=N–C) groups is 1. The Balaban J connectivity index is 1.46. The van der Waals surface area contributed by atoms with Crippen LogP contribution in [0.25, 0.3) is 0 Å². The van der Waals surface area contributed by atoms with Crippen LogP contribution in [0, 0.1) is 0 Å². The van der Waals surface area contributed by atoms with Gasteiger partial charge in [-0.1, -0.05) is 11.6 Å². The number of hydrogen-bond donors (Lipinski definition) is 2. The molecule has 2 aliphatic heterocycles. The van der Waals surface area contributed by atoms with Crippen LogP contribution in [0.15, 0.2) is 47.6 Å². The van der Waals surface area contributed by atoms with Gasteiger partial charge in [-0.25, -0.2) is 15.0 Å². The predicted molar refractivity (Wildman–Crippen MR) is 129 cm³/mol. The van der Waals surface area contributed by atoms with E-state index in [0.717, 1.165) is 29.7 Å². The number of halogens is 1. The summed E-state index contributed by atoms with van der Waals surface area (Å²) in [5.74, 6) is 1.56. The maximum absolute atomic E-state index is 12.8. The number of ether oxygens (including phenoxy) is 3. The van der Waals surface area contributed by atoms with Crippen molar-refractivity contribution < 1.29 is 19.0 Å². The van der Waals surface area contributed by atoms with E-state index in [1.165, 1.54) is 6.20 Å². The number of rotatable bonds is 4. The van der Waals surface area contributed by atoms with Gasteiger partial charge in [-0.3, -0.25) is 4.79 Å². The Labute approximate surface area is 206 Å². The van der Waals surface area contributed by atoms with Crippen molar-refractivity contribution in [2.45, 2.75) is 30.7 Å². The molecule has 1 spiro atoms. The van der Waals surface area contributed by atoms with Crippen LogP contribution in [0.1, 0.15) is 52.5 Å². The van der Waals surface area contributed by atoms with E-state index in [1.807, 2.05) is 12.1 Å². The second-order valence-electron chi connectivity index (χ2n) is 8.74. The van der Waals surface area contributed by atoms with Crippen LogP contribution < -0.4 is 20.5 Å². The number of amidine groups is 1. The Hall–Kier alpha value is -3.85. The lowest BCUT2D eigenvalue weighted by atomic mass is 9.77. The number of carbonyl (C=O) groups is 1. The van der Waals surface area contributed by atoms with Crippen LogP contribution in [0.3, 0.4) is 0 Å². The zero-order valence-electron chi connectivity index (χ0n) is 18.9. The summed E-state index contributed by atoms with van der Waals surface area (Å²) in [6.07, 6.45) is 4.14. The van der Waals surface area contributed by atoms with Crippen molar-refractivity contribution in [2.75, 3.05) is 19.0 Å². The topological polar surface area (TPSA) is 121 Å². The van der Waals surface area contributed by atoms with Gasteiger partial charge in [0.15, 0.2) is 5.75 Å². The molecule has 1 amide bonds. The average molecular weight is 492 g/mol. The molecule has 9 nitrogen and oxygen atoms in total. The van der Waals surface area contributed by atoms with Crippen molar-refractivity contribution in [1.82, 2.24) is 9.97 Å². The molecule has 178 valence electrons. The fraction of sp³-hybridized carbons (Fsp3) is 0.280. The number of pyridine rings is 2. The lowest BCUT2D eigenvalue weighted by Crippen LogP contribution is -2.39. The Morgan fingerprint density at radius 1 is 1.23 bits per heavy atom. The van der Waals surface area contributed by atoms with Gasteiger partial charge >= 0.3 is 0 Å². The number of anilines is 1. The first-order valence-electron chi connectivity index (χ1n) is 11.3. The van der Waals surface area contributed by atoms with Crippen LogP contribution in [-0.2, 0) is 10.3 Å². The molecular formula is C25H22ClN5O4. The Morgan fingerprint density at radius 2 is 2.09 bits per heavy atom. The summed E-state index contributed by atoms with van der Waals surface area (Å²) in [6.45, 7) is 0.378. The molecule has 6 rings (SSSR count). The number of amides is 1. The molecule has 0 bridgehead atoms. The van der Waals surface area contributed by atoms with Gasteiger partial charge < -0.3 is 25.3 Å². The van der Waals surface area contributed by atoms with E-state index in [-0.39, 0.29) is 17.6 Å². The molecule has 35 heavy (non-hydrogen) atoms. The summed E-state index contributed by atoms with van der Waals surface area (Å²) in [6, 6.07) is 10.7. The molecule has 4 heterocycles. The smallest absolute Gasteiger partial charge is 0.283 e. The van der Waals surface area contributed by atoms with Crippen LogP contribution >= 0.6 is 11.6 Å². The fourth-order valence-electron chi connectivity index (χ4n) is 4.61. The summed E-state index contributed by atoms with van der Waals surface area (Å²) < 4.78 is 17.4. The van der Waals surface area contributed by atoms with Gasteiger partial charge in [0.2, 0.25) is 0 Å². The maximum Gasteiger partial charge on any atom is 0.283 e. The molecule has 0 radical (unpaired) electrons. The van der Waals surface area contributed by atoms with Gasteiger partial charge in [0.05, 0.1) is 18.7 Å². The highest BCUT2D eigenvalue weighted by Gasteiger charge is 2.47. The predicted octanol–water partition coefficient (Wildman–Crippen LogP) is 4.35. The highest BCUT2D eigenvalue weighted by molar-refractivity contribution is 6.30. The van der Waals surface area contributed by atoms with Crippen molar-refractivity contribution in [3.63, 3.8) is 0 Å². The van der Waals surface area contributed by atoms with E-state index in [9.17, 15) is 4.79 Å². The highest BCUT2D eigenvalue weighted by Crippen LogP contribution is 2.56. The first-order valence-corrected chi connectivity index (χ1v) is 11.7. The average Bonchev–Trinajstić information content (AvgIpc) is 3.70. The molecule has 1 atom stereocenters. The standard InChI is InChI=1S/C25H22ClN5O4/c1-33-23-21-17(11-19(30-23)13-2-3-13)25(8-9-34-24(27)31-25)16-10-15(5-7-20(16)35-21)29-22(32)18-6-4-14(26)12-28-18/h4-7,10-13H,2-3,8-9H2,1H3,(H2,27,31)(H,29,32). The van der Waals surface area contributed by atoms with Gasteiger partial charge in [-0.15, -0.1) is 0 Å². The Bertz CT molecular complexity index is 1370. The van der Waals surface area contributed by atoms with Crippen molar-refractivity contribution in [3.8, 4) is 17.4 Å². The van der Waals surface area contributed by atoms with E-state index in [0.29, 0.717) is 47.0 Å². The molecular weight excluding hydrogens is 470 g/mol. The summed E-state index contributed by atoms with van der Waals surface area (Å²) in [5.41, 5.74) is 8.59. The van der Waals surface area contributed by atoms with Crippen LogP contribution in [0.2, 0.25) is 5.02 Å².